The van der Waals surface area contributed by atoms with Crippen molar-refractivity contribution in [1.82, 2.24) is 14.5 Å². The summed E-state index contributed by atoms with van der Waals surface area (Å²) in [5.74, 6) is -0.286. The Morgan fingerprint density at radius 3 is 2.37 bits per heavy atom. The van der Waals surface area contributed by atoms with Crippen molar-refractivity contribution in [2.45, 2.75) is 25.0 Å². The Hall–Kier alpha value is -2.78. The van der Waals surface area contributed by atoms with E-state index in [4.69, 9.17) is 49.0 Å². The van der Waals surface area contributed by atoms with Crippen LogP contribution in [0.3, 0.4) is 0 Å². The average molecular weight is 614 g/mol. The van der Waals surface area contributed by atoms with Crippen LogP contribution in [0.5, 0.6) is 5.75 Å². The quantitative estimate of drug-likeness (QED) is 0.215. The fourth-order valence-corrected chi connectivity index (χ4v) is 6.01. The minimum absolute atomic E-state index is 0.279. The van der Waals surface area contributed by atoms with E-state index >= 15 is 0 Å². The van der Waals surface area contributed by atoms with Gasteiger partial charge in [-0.15, -0.1) is 0 Å². The predicted molar refractivity (Wildman–Crippen MR) is 162 cm³/mol. The van der Waals surface area contributed by atoms with Crippen LogP contribution in [0.1, 0.15) is 11.1 Å². The highest BCUT2D eigenvalue weighted by Gasteiger charge is 2.45. The van der Waals surface area contributed by atoms with Gasteiger partial charge in [0.25, 0.3) is 0 Å². The first-order valence-corrected chi connectivity index (χ1v) is 14.8. The van der Waals surface area contributed by atoms with Crippen molar-refractivity contribution in [2.75, 3.05) is 44.3 Å². The minimum atomic E-state index is -1.07. The summed E-state index contributed by atoms with van der Waals surface area (Å²) in [5.41, 5.74) is 3.20. The number of anilines is 1. The topological polar surface area (TPSA) is 52.0 Å². The maximum atomic E-state index is 6.58. The Labute approximate surface area is 255 Å². The first-order chi connectivity index (χ1) is 20.0. The molecule has 6 rings (SSSR count). The highest BCUT2D eigenvalue weighted by Crippen LogP contribution is 2.40. The molecule has 0 N–H and O–H groups in total. The lowest BCUT2D eigenvalue weighted by molar-refractivity contribution is -0.189. The van der Waals surface area contributed by atoms with Gasteiger partial charge in [-0.1, -0.05) is 53.0 Å². The van der Waals surface area contributed by atoms with Crippen LogP contribution in [-0.4, -0.2) is 59.9 Å². The monoisotopic (exact) mass is 612 g/mol. The van der Waals surface area contributed by atoms with Gasteiger partial charge < -0.3 is 23.7 Å². The van der Waals surface area contributed by atoms with Gasteiger partial charge in [-0.3, -0.25) is 4.90 Å². The molecule has 2 aliphatic rings. The normalized spacial score (nSPS) is 21.3. The largest absolute Gasteiger partial charge is 0.491 e. The zero-order valence-corrected chi connectivity index (χ0v) is 24.7. The molecule has 0 unspecified atom stereocenters. The minimum Gasteiger partial charge on any atom is -0.491 e. The highest BCUT2D eigenvalue weighted by atomic mass is 35.5. The summed E-state index contributed by atoms with van der Waals surface area (Å²) in [5, 5.41) is 1.81. The molecule has 0 amide bonds. The number of aromatic nitrogens is 2. The van der Waals surface area contributed by atoms with Gasteiger partial charge in [-0.2, -0.15) is 0 Å². The molecule has 214 valence electrons. The molecule has 2 fully saturated rings. The number of imidazole rings is 1. The summed E-state index contributed by atoms with van der Waals surface area (Å²) in [6.07, 6.45) is 5.03. The van der Waals surface area contributed by atoms with Crippen molar-refractivity contribution >= 4 is 40.5 Å². The molecule has 2 atom stereocenters. The van der Waals surface area contributed by atoms with Gasteiger partial charge in [-0.05, 0) is 54.1 Å². The standard InChI is InChI=1S/C31H31Cl3N4O3/c32-24-3-1-23(2-4-24)18-36-13-15-38(16-14-36)26-6-8-27(9-7-26)39-19-28-20-40-31(41-28,21-37-12-11-35-22-37)29-10-5-25(33)17-30(29)34/h1-12,17,22,28H,13-16,18-21H2/t28-,31-/m1/s1. The van der Waals surface area contributed by atoms with Gasteiger partial charge >= 0.3 is 0 Å². The number of hydrogen-bond donors (Lipinski definition) is 0. The van der Waals surface area contributed by atoms with Crippen LogP contribution in [-0.2, 0) is 28.4 Å². The molecule has 7 nitrogen and oxygen atoms in total. The first kappa shape index (κ1) is 28.3. The molecule has 0 saturated carbocycles. The lowest BCUT2D eigenvalue weighted by Crippen LogP contribution is -2.45. The first-order valence-electron chi connectivity index (χ1n) is 13.6. The van der Waals surface area contributed by atoms with Gasteiger partial charge in [0.2, 0.25) is 5.79 Å². The van der Waals surface area contributed by atoms with Crippen LogP contribution >= 0.6 is 34.8 Å². The summed E-state index contributed by atoms with van der Waals surface area (Å²) < 4.78 is 20.8. The summed E-state index contributed by atoms with van der Waals surface area (Å²) in [4.78, 5) is 9.04. The number of benzene rings is 3. The smallest absolute Gasteiger partial charge is 0.215 e. The molecule has 3 heterocycles. The maximum Gasteiger partial charge on any atom is 0.215 e. The molecule has 0 spiro atoms. The molecule has 41 heavy (non-hydrogen) atoms. The van der Waals surface area contributed by atoms with Crippen molar-refractivity contribution in [3.63, 3.8) is 0 Å². The Balaban J connectivity index is 1.03. The SMILES string of the molecule is Clc1ccc(CN2CCN(c3ccc(OC[C@@H]4CO[C@@](Cn5ccnc5)(c5ccc(Cl)cc5Cl)O4)cc3)CC2)cc1. The molecule has 0 radical (unpaired) electrons. The van der Waals surface area contributed by atoms with E-state index in [0.29, 0.717) is 29.8 Å². The maximum absolute atomic E-state index is 6.58. The van der Waals surface area contributed by atoms with E-state index in [-0.39, 0.29) is 6.10 Å². The zero-order valence-electron chi connectivity index (χ0n) is 22.5. The van der Waals surface area contributed by atoms with E-state index in [1.165, 1.54) is 11.3 Å². The summed E-state index contributed by atoms with van der Waals surface area (Å²) in [6.45, 7) is 6.04. The number of rotatable bonds is 9. The van der Waals surface area contributed by atoms with Crippen LogP contribution < -0.4 is 9.64 Å². The number of nitrogens with zero attached hydrogens (tertiary/aromatic N) is 4. The molecule has 10 heteroatoms. The molecular formula is C31H31Cl3N4O3. The van der Waals surface area contributed by atoms with E-state index in [1.807, 2.05) is 41.1 Å². The van der Waals surface area contributed by atoms with Crippen molar-refractivity contribution in [3.8, 4) is 5.75 Å². The Bertz CT molecular complexity index is 1430. The lowest BCUT2D eigenvalue weighted by Gasteiger charge is -2.36. The summed E-state index contributed by atoms with van der Waals surface area (Å²) in [6, 6.07) is 21.7. The van der Waals surface area contributed by atoms with Crippen molar-refractivity contribution in [2.24, 2.45) is 0 Å². The molecule has 1 aromatic heterocycles. The molecule has 2 aliphatic heterocycles. The van der Waals surface area contributed by atoms with Crippen LogP contribution in [0.15, 0.2) is 85.5 Å². The second-order valence-corrected chi connectivity index (χ2v) is 11.6. The van der Waals surface area contributed by atoms with Gasteiger partial charge in [-0.25, -0.2) is 4.98 Å². The Kier molecular flexibility index (Phi) is 8.72. The summed E-state index contributed by atoms with van der Waals surface area (Å²) in [7, 11) is 0. The van der Waals surface area contributed by atoms with Crippen molar-refractivity contribution in [1.29, 1.82) is 0 Å². The van der Waals surface area contributed by atoms with E-state index in [0.717, 1.165) is 49.1 Å². The van der Waals surface area contributed by atoms with Gasteiger partial charge in [0.1, 0.15) is 18.5 Å². The fourth-order valence-electron chi connectivity index (χ4n) is 5.33. The van der Waals surface area contributed by atoms with Gasteiger partial charge in [0.05, 0.1) is 24.5 Å². The third-order valence-electron chi connectivity index (χ3n) is 7.48. The molecule has 0 aliphatic carbocycles. The van der Waals surface area contributed by atoms with Crippen molar-refractivity contribution < 1.29 is 14.2 Å². The average Bonchev–Trinajstić information content (AvgIpc) is 3.64. The second kappa shape index (κ2) is 12.6. The molecule has 4 aromatic rings. The van der Waals surface area contributed by atoms with Crippen LogP contribution in [0.25, 0.3) is 0 Å². The molecule has 0 bridgehead atoms. The van der Waals surface area contributed by atoms with Crippen LogP contribution in [0.2, 0.25) is 15.1 Å². The highest BCUT2D eigenvalue weighted by molar-refractivity contribution is 6.35. The lowest BCUT2D eigenvalue weighted by atomic mass is 10.1. The number of hydrogen-bond acceptors (Lipinski definition) is 6. The van der Waals surface area contributed by atoms with Crippen LogP contribution in [0.4, 0.5) is 5.69 Å². The second-order valence-electron chi connectivity index (χ2n) is 10.4. The molecule has 3 aromatic carbocycles. The van der Waals surface area contributed by atoms with E-state index < -0.39 is 5.79 Å². The van der Waals surface area contributed by atoms with Crippen molar-refractivity contribution in [3.05, 3.63) is 112 Å². The van der Waals surface area contributed by atoms with E-state index in [9.17, 15) is 0 Å². The van der Waals surface area contributed by atoms with E-state index in [1.54, 1.807) is 24.7 Å². The number of ether oxygens (including phenoxy) is 3. The number of halogens is 3. The Morgan fingerprint density at radius 1 is 0.902 bits per heavy atom. The molecular weight excluding hydrogens is 583 g/mol. The zero-order chi connectivity index (χ0) is 28.2. The third kappa shape index (κ3) is 6.83. The third-order valence-corrected chi connectivity index (χ3v) is 8.28. The fraction of sp³-hybridized carbons (Fsp3) is 0.323. The summed E-state index contributed by atoms with van der Waals surface area (Å²) >= 11 is 18.7. The van der Waals surface area contributed by atoms with Gasteiger partial charge in [0.15, 0.2) is 0 Å². The van der Waals surface area contributed by atoms with E-state index in [2.05, 4.69) is 39.0 Å². The molecule has 2 saturated heterocycles. The Morgan fingerprint density at radius 2 is 1.66 bits per heavy atom. The van der Waals surface area contributed by atoms with Gasteiger partial charge in [0, 0.05) is 66.4 Å². The van der Waals surface area contributed by atoms with Crippen LogP contribution in [0, 0.1) is 0 Å². The number of piperazine rings is 1. The predicted octanol–water partition coefficient (Wildman–Crippen LogP) is 6.51.